The van der Waals surface area contributed by atoms with Crippen molar-refractivity contribution in [1.82, 2.24) is 19.8 Å². The number of hydrogen-bond donors (Lipinski definition) is 3. The summed E-state index contributed by atoms with van der Waals surface area (Å²) in [6, 6.07) is 10.9. The summed E-state index contributed by atoms with van der Waals surface area (Å²) in [7, 11) is 5.66. The van der Waals surface area contributed by atoms with E-state index in [1.165, 1.54) is 0 Å². The van der Waals surface area contributed by atoms with Crippen LogP contribution < -0.4 is 10.2 Å². The highest BCUT2D eigenvalue weighted by Gasteiger charge is 2.17. The fourth-order valence-corrected chi connectivity index (χ4v) is 4.17. The number of aromatic nitrogens is 2. The molecule has 3 aromatic rings. The lowest BCUT2D eigenvalue weighted by atomic mass is 10.1. The number of amidine groups is 1. The van der Waals surface area contributed by atoms with E-state index in [0.717, 1.165) is 54.5 Å². The molecule has 9 nitrogen and oxygen atoms in total. The first-order chi connectivity index (χ1) is 16.3. The SMILES string of the molecule is CN1CCN(c2cc(C(=O)Nc3cc4cc(C(=N)SC(=N)N(C)C)ccc4cn3)ccn2)CC1. The summed E-state index contributed by atoms with van der Waals surface area (Å²) < 4.78 is 0. The van der Waals surface area contributed by atoms with E-state index in [0.29, 0.717) is 22.1 Å². The Bertz CT molecular complexity index is 1240. The van der Waals surface area contributed by atoms with E-state index in [2.05, 4.69) is 32.1 Å². The van der Waals surface area contributed by atoms with E-state index in [4.69, 9.17) is 10.8 Å². The number of carbonyl (C=O) groups is 1. The molecule has 3 heterocycles. The fraction of sp³-hybridized carbons (Fsp3) is 0.292. The van der Waals surface area contributed by atoms with Gasteiger partial charge in [0.2, 0.25) is 0 Å². The number of fused-ring (bicyclic) bond motifs is 1. The summed E-state index contributed by atoms with van der Waals surface area (Å²) in [5.41, 5.74) is 1.23. The van der Waals surface area contributed by atoms with Crippen molar-refractivity contribution >= 4 is 50.3 Å². The van der Waals surface area contributed by atoms with Crippen molar-refractivity contribution in [3.8, 4) is 0 Å². The molecule has 10 heteroatoms. The number of hydrogen-bond acceptors (Lipinski definition) is 8. The number of pyridine rings is 2. The Morgan fingerprint density at radius 3 is 2.50 bits per heavy atom. The third-order valence-electron chi connectivity index (χ3n) is 5.67. The molecule has 0 spiro atoms. The van der Waals surface area contributed by atoms with Crippen molar-refractivity contribution in [3.05, 3.63) is 59.9 Å². The molecule has 4 rings (SSSR count). The highest BCUT2D eigenvalue weighted by Crippen LogP contribution is 2.23. The quantitative estimate of drug-likeness (QED) is 0.392. The Morgan fingerprint density at radius 1 is 1.00 bits per heavy atom. The first-order valence-electron chi connectivity index (χ1n) is 10.9. The molecule has 1 amide bonds. The van der Waals surface area contributed by atoms with Crippen LogP contribution in [0.4, 0.5) is 11.6 Å². The third kappa shape index (κ3) is 5.52. The van der Waals surface area contributed by atoms with Gasteiger partial charge in [0, 0.05) is 69.2 Å². The topological polar surface area (TPSA) is 112 Å². The van der Waals surface area contributed by atoms with E-state index in [1.54, 1.807) is 43.5 Å². The summed E-state index contributed by atoms with van der Waals surface area (Å²) in [6.07, 6.45) is 3.37. The van der Waals surface area contributed by atoms with Crippen LogP contribution in [-0.2, 0) is 0 Å². The Kier molecular flexibility index (Phi) is 7.09. The van der Waals surface area contributed by atoms with Gasteiger partial charge in [-0.05, 0) is 48.5 Å². The molecular formula is C24H28N8OS. The van der Waals surface area contributed by atoms with Gasteiger partial charge in [-0.2, -0.15) is 0 Å². The Hall–Kier alpha value is -3.50. The van der Waals surface area contributed by atoms with Gasteiger partial charge in [0.25, 0.3) is 5.91 Å². The number of thioether (sulfide) groups is 1. The van der Waals surface area contributed by atoms with Crippen molar-refractivity contribution in [2.75, 3.05) is 57.5 Å². The van der Waals surface area contributed by atoms with Crippen molar-refractivity contribution in [3.63, 3.8) is 0 Å². The minimum absolute atomic E-state index is 0.247. The highest BCUT2D eigenvalue weighted by atomic mass is 32.2. The maximum Gasteiger partial charge on any atom is 0.257 e. The molecule has 1 aromatic carbocycles. The van der Waals surface area contributed by atoms with Gasteiger partial charge < -0.3 is 20.0 Å². The second-order valence-electron chi connectivity index (χ2n) is 8.41. The minimum Gasteiger partial charge on any atom is -0.357 e. The Balaban J connectivity index is 1.49. The maximum absolute atomic E-state index is 12.9. The lowest BCUT2D eigenvalue weighted by Gasteiger charge is -2.33. The molecule has 1 fully saturated rings. The summed E-state index contributed by atoms with van der Waals surface area (Å²) in [5, 5.41) is 21.5. The van der Waals surface area contributed by atoms with Crippen molar-refractivity contribution < 1.29 is 4.79 Å². The van der Waals surface area contributed by atoms with Crippen LogP contribution >= 0.6 is 11.8 Å². The number of benzene rings is 1. The molecule has 0 unspecified atom stereocenters. The van der Waals surface area contributed by atoms with E-state index < -0.39 is 0 Å². The number of piperazine rings is 1. The molecule has 0 saturated carbocycles. The molecule has 1 aliphatic rings. The number of rotatable bonds is 4. The van der Waals surface area contributed by atoms with Crippen LogP contribution in [0, 0.1) is 10.8 Å². The largest absolute Gasteiger partial charge is 0.357 e. The monoisotopic (exact) mass is 476 g/mol. The highest BCUT2D eigenvalue weighted by molar-refractivity contribution is 8.26. The predicted molar refractivity (Wildman–Crippen MR) is 139 cm³/mol. The molecule has 0 aliphatic carbocycles. The van der Waals surface area contributed by atoms with Gasteiger partial charge in [-0.1, -0.05) is 12.1 Å². The predicted octanol–water partition coefficient (Wildman–Crippen LogP) is 3.19. The number of nitrogens with zero attached hydrogens (tertiary/aromatic N) is 5. The van der Waals surface area contributed by atoms with Crippen molar-refractivity contribution in [2.24, 2.45) is 0 Å². The van der Waals surface area contributed by atoms with E-state index >= 15 is 0 Å². The summed E-state index contributed by atoms with van der Waals surface area (Å²) >= 11 is 1.09. The standard InChI is InChI=1S/C24H28N8OS/c1-30(2)24(26)34-22(25)16-4-5-18-15-28-20(13-19(18)12-16)29-23(33)17-6-7-27-21(14-17)32-10-8-31(3)9-11-32/h4-7,12-15,25-26H,8-11H2,1-3H3,(H,28,29,33). The van der Waals surface area contributed by atoms with Gasteiger partial charge in [-0.15, -0.1) is 0 Å². The summed E-state index contributed by atoms with van der Waals surface area (Å²) in [5.74, 6) is 0.993. The molecule has 1 saturated heterocycles. The summed E-state index contributed by atoms with van der Waals surface area (Å²) in [6.45, 7) is 3.69. The fourth-order valence-electron chi connectivity index (χ4n) is 3.55. The molecule has 2 aromatic heterocycles. The zero-order chi connectivity index (χ0) is 24.2. The molecule has 0 atom stereocenters. The zero-order valence-corrected chi connectivity index (χ0v) is 20.3. The zero-order valence-electron chi connectivity index (χ0n) is 19.5. The van der Waals surface area contributed by atoms with Crippen molar-refractivity contribution in [2.45, 2.75) is 0 Å². The van der Waals surface area contributed by atoms with Gasteiger partial charge in [0.15, 0.2) is 5.17 Å². The molecule has 3 N–H and O–H groups in total. The van der Waals surface area contributed by atoms with Gasteiger partial charge in [0.1, 0.15) is 16.7 Å². The van der Waals surface area contributed by atoms with Crippen LogP contribution in [-0.4, -0.2) is 83.2 Å². The normalized spacial score (nSPS) is 14.1. The number of anilines is 2. The lowest BCUT2D eigenvalue weighted by Crippen LogP contribution is -2.44. The molecule has 34 heavy (non-hydrogen) atoms. The number of carbonyl (C=O) groups excluding carboxylic acids is 1. The van der Waals surface area contributed by atoms with Crippen LogP contribution in [0.25, 0.3) is 10.8 Å². The lowest BCUT2D eigenvalue weighted by molar-refractivity contribution is 0.102. The number of amides is 1. The van der Waals surface area contributed by atoms with Crippen LogP contribution in [0.1, 0.15) is 15.9 Å². The molecule has 176 valence electrons. The minimum atomic E-state index is -0.247. The third-order valence-corrected chi connectivity index (χ3v) is 6.66. The molecular weight excluding hydrogens is 448 g/mol. The smallest absolute Gasteiger partial charge is 0.257 e. The van der Waals surface area contributed by atoms with E-state index in [9.17, 15) is 4.79 Å². The van der Waals surface area contributed by atoms with Gasteiger partial charge in [-0.3, -0.25) is 15.6 Å². The van der Waals surface area contributed by atoms with Crippen LogP contribution in [0.15, 0.2) is 48.8 Å². The number of nitrogens with one attached hydrogen (secondary N) is 3. The average molecular weight is 477 g/mol. The van der Waals surface area contributed by atoms with Gasteiger partial charge in [0.05, 0.1) is 0 Å². The average Bonchev–Trinajstić information content (AvgIpc) is 2.84. The molecule has 0 bridgehead atoms. The van der Waals surface area contributed by atoms with Crippen molar-refractivity contribution in [1.29, 1.82) is 10.8 Å². The van der Waals surface area contributed by atoms with Gasteiger partial charge in [-0.25, -0.2) is 9.97 Å². The second kappa shape index (κ2) is 10.2. The van der Waals surface area contributed by atoms with E-state index in [-0.39, 0.29) is 11.0 Å². The number of likely N-dealkylation sites (N-methyl/N-ethyl adjacent to an activating group) is 1. The van der Waals surface area contributed by atoms with Crippen LogP contribution in [0.3, 0.4) is 0 Å². The maximum atomic E-state index is 12.9. The Labute approximate surface area is 203 Å². The Morgan fingerprint density at radius 2 is 1.76 bits per heavy atom. The van der Waals surface area contributed by atoms with Crippen LogP contribution in [0.2, 0.25) is 0 Å². The second-order valence-corrected chi connectivity index (χ2v) is 9.41. The van der Waals surface area contributed by atoms with Gasteiger partial charge >= 0.3 is 0 Å². The first kappa shape index (κ1) is 23.7. The van der Waals surface area contributed by atoms with Crippen LogP contribution in [0.5, 0.6) is 0 Å². The summed E-state index contributed by atoms with van der Waals surface area (Å²) in [4.78, 5) is 27.9. The first-order valence-corrected chi connectivity index (χ1v) is 11.7. The molecule has 1 aliphatic heterocycles. The van der Waals surface area contributed by atoms with E-state index in [1.807, 2.05) is 24.3 Å². The molecule has 0 radical (unpaired) electrons.